The Hall–Kier alpha value is -0.590. The molecule has 0 atom stereocenters. The summed E-state index contributed by atoms with van der Waals surface area (Å²) >= 11 is 0. The van der Waals surface area contributed by atoms with Gasteiger partial charge in [0, 0.05) is 13.2 Å². The van der Waals surface area contributed by atoms with Gasteiger partial charge in [0.05, 0.1) is 17.1 Å². The van der Waals surface area contributed by atoms with E-state index in [1.54, 1.807) is 0 Å². The molecule has 17 heavy (non-hydrogen) atoms. The third-order valence-electron chi connectivity index (χ3n) is 2.79. The minimum atomic E-state index is -0.176. The van der Waals surface area contributed by atoms with Gasteiger partial charge in [-0.1, -0.05) is 6.42 Å². The molecule has 0 amide bonds. The largest absolute Gasteiger partial charge is 0.375 e. The summed E-state index contributed by atoms with van der Waals surface area (Å²) in [6.07, 6.45) is 3.19. The molecule has 0 fully saturated rings. The highest BCUT2D eigenvalue weighted by Crippen LogP contribution is 2.21. The summed E-state index contributed by atoms with van der Waals surface area (Å²) in [6.45, 7) is 12.8. The van der Waals surface area contributed by atoms with Crippen LogP contribution in [0.5, 0.6) is 0 Å². The molecule has 0 bridgehead atoms. The minimum absolute atomic E-state index is 0.0827. The molecule has 0 aliphatic carbocycles. The van der Waals surface area contributed by atoms with Gasteiger partial charge < -0.3 is 10.1 Å². The first kappa shape index (κ1) is 16.4. The van der Waals surface area contributed by atoms with E-state index >= 15 is 0 Å². The number of hydrogen-bond acceptors (Lipinski definition) is 3. The van der Waals surface area contributed by atoms with Crippen LogP contribution in [0, 0.1) is 16.7 Å². The van der Waals surface area contributed by atoms with Crippen LogP contribution in [0.15, 0.2) is 0 Å². The van der Waals surface area contributed by atoms with E-state index in [1.165, 1.54) is 0 Å². The van der Waals surface area contributed by atoms with Crippen molar-refractivity contribution in [2.75, 3.05) is 19.7 Å². The Kier molecular flexibility index (Phi) is 7.41. The lowest BCUT2D eigenvalue weighted by atomic mass is 9.89. The molecular formula is C14H28N2O. The predicted molar refractivity (Wildman–Crippen MR) is 71.8 cm³/mol. The lowest BCUT2D eigenvalue weighted by Gasteiger charge is -2.25. The molecule has 3 nitrogen and oxygen atoms in total. The molecule has 0 aromatic rings. The molecule has 0 aliphatic rings. The van der Waals surface area contributed by atoms with E-state index in [1.807, 2.05) is 20.8 Å². The average molecular weight is 240 g/mol. The molecule has 0 radical (unpaired) electrons. The molecule has 0 aromatic carbocycles. The third kappa shape index (κ3) is 9.14. The highest BCUT2D eigenvalue weighted by molar-refractivity contribution is 4.91. The third-order valence-corrected chi connectivity index (χ3v) is 2.79. The highest BCUT2D eigenvalue weighted by Gasteiger charge is 2.17. The predicted octanol–water partition coefficient (Wildman–Crippen LogP) is 3.11. The summed E-state index contributed by atoms with van der Waals surface area (Å²) in [6, 6.07) is 2.33. The van der Waals surface area contributed by atoms with Gasteiger partial charge in [-0.25, -0.2) is 0 Å². The molecule has 0 saturated carbocycles. The molecule has 3 heteroatoms. The monoisotopic (exact) mass is 240 g/mol. The van der Waals surface area contributed by atoms with Gasteiger partial charge >= 0.3 is 0 Å². The molecule has 0 unspecified atom stereocenters. The van der Waals surface area contributed by atoms with Crippen LogP contribution in [0.25, 0.3) is 0 Å². The first-order valence-electron chi connectivity index (χ1n) is 6.59. The summed E-state index contributed by atoms with van der Waals surface area (Å²) in [5.41, 5.74) is -0.259. The highest BCUT2D eigenvalue weighted by atomic mass is 16.5. The fraction of sp³-hybridized carbons (Fsp3) is 0.929. The quantitative estimate of drug-likeness (QED) is 0.630. The van der Waals surface area contributed by atoms with Crippen molar-refractivity contribution in [3.05, 3.63) is 0 Å². The van der Waals surface area contributed by atoms with Crippen molar-refractivity contribution in [1.82, 2.24) is 5.32 Å². The molecule has 1 N–H and O–H groups in total. The Balaban J connectivity index is 3.51. The van der Waals surface area contributed by atoms with Crippen LogP contribution in [0.3, 0.4) is 0 Å². The van der Waals surface area contributed by atoms with Gasteiger partial charge in [0.25, 0.3) is 0 Å². The summed E-state index contributed by atoms with van der Waals surface area (Å²) < 4.78 is 5.60. The van der Waals surface area contributed by atoms with Gasteiger partial charge in [-0.3, -0.25) is 0 Å². The minimum Gasteiger partial charge on any atom is -0.375 e. The second-order valence-corrected chi connectivity index (χ2v) is 5.82. The van der Waals surface area contributed by atoms with Crippen molar-refractivity contribution in [2.45, 2.75) is 59.5 Å². The summed E-state index contributed by atoms with van der Waals surface area (Å²) in [5.74, 6) is 0. The number of rotatable bonds is 9. The fourth-order valence-electron chi connectivity index (χ4n) is 1.70. The van der Waals surface area contributed by atoms with Crippen LogP contribution < -0.4 is 5.32 Å². The number of nitrogens with one attached hydrogen (secondary N) is 1. The lowest BCUT2D eigenvalue weighted by Crippen LogP contribution is -2.38. The average Bonchev–Trinajstić information content (AvgIpc) is 2.23. The summed E-state index contributed by atoms with van der Waals surface area (Å²) in [4.78, 5) is 0. The normalized spacial score (nSPS) is 12.5. The molecule has 0 heterocycles. The topological polar surface area (TPSA) is 45.0 Å². The Morgan fingerprint density at radius 3 is 2.35 bits per heavy atom. The summed E-state index contributed by atoms with van der Waals surface area (Å²) in [7, 11) is 0. The van der Waals surface area contributed by atoms with Gasteiger partial charge in [0.1, 0.15) is 0 Å². The van der Waals surface area contributed by atoms with E-state index < -0.39 is 0 Å². The maximum atomic E-state index is 8.88. The second kappa shape index (κ2) is 7.68. The molecule has 0 saturated heterocycles. The van der Waals surface area contributed by atoms with Crippen LogP contribution in [0.4, 0.5) is 0 Å². The number of nitrogens with zero attached hydrogens (tertiary/aromatic N) is 1. The van der Waals surface area contributed by atoms with Crippen LogP contribution >= 0.6 is 0 Å². The Bertz CT molecular complexity index is 241. The zero-order chi connectivity index (χ0) is 13.4. The Labute approximate surface area is 107 Å². The van der Waals surface area contributed by atoms with Crippen molar-refractivity contribution in [1.29, 1.82) is 5.26 Å². The van der Waals surface area contributed by atoms with Crippen molar-refractivity contribution >= 4 is 0 Å². The zero-order valence-corrected chi connectivity index (χ0v) is 12.1. The Morgan fingerprint density at radius 1 is 1.18 bits per heavy atom. The van der Waals surface area contributed by atoms with E-state index in [4.69, 9.17) is 10.00 Å². The molecule has 0 rings (SSSR count). The number of ether oxygens (including phenoxy) is 1. The second-order valence-electron chi connectivity index (χ2n) is 5.82. The smallest absolute Gasteiger partial charge is 0.0750 e. The molecule has 0 aromatic heterocycles. The van der Waals surface area contributed by atoms with Crippen molar-refractivity contribution in [2.24, 2.45) is 5.41 Å². The van der Waals surface area contributed by atoms with Crippen LogP contribution in [-0.2, 0) is 4.74 Å². The van der Waals surface area contributed by atoms with E-state index in [2.05, 4.69) is 25.2 Å². The zero-order valence-electron chi connectivity index (χ0n) is 12.1. The van der Waals surface area contributed by atoms with Crippen molar-refractivity contribution < 1.29 is 4.74 Å². The molecular weight excluding hydrogens is 212 g/mol. The summed E-state index contributed by atoms with van der Waals surface area (Å²) in [5, 5.41) is 12.3. The van der Waals surface area contributed by atoms with E-state index in [9.17, 15) is 0 Å². The van der Waals surface area contributed by atoms with E-state index in [-0.39, 0.29) is 11.0 Å². The van der Waals surface area contributed by atoms with Gasteiger partial charge in [0.2, 0.25) is 0 Å². The number of nitriles is 1. The maximum absolute atomic E-state index is 8.88. The number of hydrogen-bond donors (Lipinski definition) is 1. The van der Waals surface area contributed by atoms with Crippen LogP contribution in [0.2, 0.25) is 0 Å². The van der Waals surface area contributed by atoms with E-state index in [0.29, 0.717) is 0 Å². The maximum Gasteiger partial charge on any atom is 0.0750 e. The number of unbranched alkanes of at least 4 members (excludes halogenated alkanes) is 1. The molecule has 100 valence electrons. The van der Waals surface area contributed by atoms with Crippen LogP contribution in [0.1, 0.15) is 53.9 Å². The molecule has 0 aliphatic heterocycles. The Morgan fingerprint density at radius 2 is 1.82 bits per heavy atom. The first-order valence-corrected chi connectivity index (χ1v) is 6.59. The van der Waals surface area contributed by atoms with E-state index in [0.717, 1.165) is 39.0 Å². The van der Waals surface area contributed by atoms with Crippen molar-refractivity contribution in [3.8, 4) is 6.07 Å². The first-order chi connectivity index (χ1) is 7.83. The van der Waals surface area contributed by atoms with Crippen molar-refractivity contribution in [3.63, 3.8) is 0 Å². The van der Waals surface area contributed by atoms with Crippen LogP contribution in [-0.4, -0.2) is 25.3 Å². The standard InChI is InChI=1S/C14H28N2O/c1-6-17-14(4,5)12-16-10-8-7-9-13(2,3)11-15/h16H,6-10,12H2,1-5H3. The van der Waals surface area contributed by atoms with Gasteiger partial charge in [-0.05, 0) is 54.0 Å². The van der Waals surface area contributed by atoms with Gasteiger partial charge in [-0.2, -0.15) is 5.26 Å². The molecule has 0 spiro atoms. The van der Waals surface area contributed by atoms with Gasteiger partial charge in [0.15, 0.2) is 0 Å². The fourth-order valence-corrected chi connectivity index (χ4v) is 1.70. The van der Waals surface area contributed by atoms with Gasteiger partial charge in [-0.15, -0.1) is 0 Å². The lowest BCUT2D eigenvalue weighted by molar-refractivity contribution is -0.00869. The SMILES string of the molecule is CCOC(C)(C)CNCCCCC(C)(C)C#N.